The summed E-state index contributed by atoms with van der Waals surface area (Å²) in [7, 11) is 0. The lowest BCUT2D eigenvalue weighted by molar-refractivity contribution is 0.0935. The van der Waals surface area contributed by atoms with Gasteiger partial charge in [-0.1, -0.05) is 0 Å². The summed E-state index contributed by atoms with van der Waals surface area (Å²) in [5.41, 5.74) is 3.91. The van der Waals surface area contributed by atoms with E-state index >= 15 is 0 Å². The third kappa shape index (κ3) is 3.54. The SMILES string of the molecule is Cc1cc(C)n(C[C@@H](C)NC(=O)c2c(-n3cccc3)sc(C)c2C)n1. The largest absolute Gasteiger partial charge is 0.348 e. The smallest absolute Gasteiger partial charge is 0.254 e. The van der Waals surface area contributed by atoms with Gasteiger partial charge in [0, 0.05) is 29.0 Å². The first-order valence-electron chi connectivity index (χ1n) is 8.42. The maximum absolute atomic E-state index is 12.9. The fourth-order valence-corrected chi connectivity index (χ4v) is 4.11. The molecule has 1 amide bonds. The molecule has 0 saturated carbocycles. The van der Waals surface area contributed by atoms with Crippen LogP contribution in [-0.2, 0) is 6.54 Å². The Morgan fingerprint density at radius 2 is 1.92 bits per heavy atom. The van der Waals surface area contributed by atoms with Crippen molar-refractivity contribution in [2.45, 2.75) is 47.2 Å². The number of aryl methyl sites for hydroxylation is 3. The van der Waals surface area contributed by atoms with Crippen LogP contribution in [0.1, 0.15) is 39.1 Å². The Kier molecular flexibility index (Phi) is 4.81. The van der Waals surface area contributed by atoms with Crippen molar-refractivity contribution in [2.24, 2.45) is 0 Å². The van der Waals surface area contributed by atoms with Gasteiger partial charge in [0.15, 0.2) is 0 Å². The molecule has 25 heavy (non-hydrogen) atoms. The van der Waals surface area contributed by atoms with Gasteiger partial charge in [-0.15, -0.1) is 11.3 Å². The number of carbonyl (C=O) groups excluding carboxylic acids is 1. The average molecular weight is 356 g/mol. The van der Waals surface area contributed by atoms with Crippen molar-refractivity contribution in [3.05, 3.63) is 58.0 Å². The zero-order valence-corrected chi connectivity index (χ0v) is 16.1. The van der Waals surface area contributed by atoms with Gasteiger partial charge in [-0.2, -0.15) is 5.10 Å². The van der Waals surface area contributed by atoms with Crippen molar-refractivity contribution in [3.63, 3.8) is 0 Å². The van der Waals surface area contributed by atoms with Crippen LogP contribution in [0.2, 0.25) is 0 Å². The number of nitrogens with zero attached hydrogens (tertiary/aromatic N) is 3. The highest BCUT2D eigenvalue weighted by Gasteiger charge is 2.22. The van der Waals surface area contributed by atoms with E-state index in [0.717, 1.165) is 27.5 Å². The second kappa shape index (κ2) is 6.88. The fourth-order valence-electron chi connectivity index (χ4n) is 2.99. The van der Waals surface area contributed by atoms with Gasteiger partial charge in [0.2, 0.25) is 0 Å². The molecule has 132 valence electrons. The number of carbonyl (C=O) groups is 1. The van der Waals surface area contributed by atoms with E-state index in [1.165, 1.54) is 4.88 Å². The average Bonchev–Trinajstić information content (AvgIpc) is 3.22. The lowest BCUT2D eigenvalue weighted by Crippen LogP contribution is -2.36. The number of amides is 1. The van der Waals surface area contributed by atoms with Crippen LogP contribution in [0, 0.1) is 27.7 Å². The molecule has 1 atom stereocenters. The number of nitrogens with one attached hydrogen (secondary N) is 1. The first-order valence-corrected chi connectivity index (χ1v) is 9.23. The van der Waals surface area contributed by atoms with E-state index in [4.69, 9.17) is 0 Å². The quantitative estimate of drug-likeness (QED) is 0.756. The van der Waals surface area contributed by atoms with Crippen LogP contribution in [0.5, 0.6) is 0 Å². The molecular weight excluding hydrogens is 332 g/mol. The van der Waals surface area contributed by atoms with Gasteiger partial charge in [-0.25, -0.2) is 0 Å². The number of aromatic nitrogens is 3. The second-order valence-electron chi connectivity index (χ2n) is 6.54. The minimum absolute atomic E-state index is 0.0115. The summed E-state index contributed by atoms with van der Waals surface area (Å²) in [6.45, 7) is 10.8. The number of hydrogen-bond donors (Lipinski definition) is 1. The lowest BCUT2D eigenvalue weighted by atomic mass is 10.1. The van der Waals surface area contributed by atoms with Crippen molar-refractivity contribution in [1.29, 1.82) is 0 Å². The maximum Gasteiger partial charge on any atom is 0.254 e. The van der Waals surface area contributed by atoms with Crippen LogP contribution in [0.4, 0.5) is 0 Å². The Hall–Kier alpha value is -2.34. The number of hydrogen-bond acceptors (Lipinski definition) is 3. The van der Waals surface area contributed by atoms with Gasteiger partial charge < -0.3 is 9.88 Å². The third-order valence-corrected chi connectivity index (χ3v) is 5.58. The summed E-state index contributed by atoms with van der Waals surface area (Å²) in [5, 5.41) is 8.57. The number of thiophene rings is 1. The van der Waals surface area contributed by atoms with Crippen LogP contribution >= 0.6 is 11.3 Å². The van der Waals surface area contributed by atoms with Gasteiger partial charge in [0.25, 0.3) is 5.91 Å². The van der Waals surface area contributed by atoms with E-state index in [1.54, 1.807) is 11.3 Å². The Morgan fingerprint density at radius 1 is 1.24 bits per heavy atom. The van der Waals surface area contributed by atoms with E-state index < -0.39 is 0 Å². The van der Waals surface area contributed by atoms with Crippen LogP contribution in [0.3, 0.4) is 0 Å². The van der Waals surface area contributed by atoms with Crippen molar-refractivity contribution in [2.75, 3.05) is 0 Å². The lowest BCUT2D eigenvalue weighted by Gasteiger charge is -2.16. The van der Waals surface area contributed by atoms with Gasteiger partial charge in [-0.3, -0.25) is 9.48 Å². The fraction of sp³-hybridized carbons (Fsp3) is 0.368. The molecule has 0 radical (unpaired) electrons. The van der Waals surface area contributed by atoms with Crippen molar-refractivity contribution >= 4 is 17.2 Å². The first-order chi connectivity index (χ1) is 11.9. The highest BCUT2D eigenvalue weighted by Crippen LogP contribution is 2.31. The van der Waals surface area contributed by atoms with E-state index in [1.807, 2.05) is 67.5 Å². The molecule has 0 fully saturated rings. The molecule has 3 aromatic heterocycles. The predicted molar refractivity (Wildman–Crippen MR) is 102 cm³/mol. The van der Waals surface area contributed by atoms with Crippen LogP contribution in [0.15, 0.2) is 30.6 Å². The van der Waals surface area contributed by atoms with Gasteiger partial charge in [-0.05, 0) is 58.4 Å². The molecule has 0 aliphatic rings. The van der Waals surface area contributed by atoms with Gasteiger partial charge in [0.1, 0.15) is 5.00 Å². The van der Waals surface area contributed by atoms with E-state index in [9.17, 15) is 4.79 Å². The van der Waals surface area contributed by atoms with E-state index in [0.29, 0.717) is 6.54 Å². The molecular formula is C19H24N4OS. The summed E-state index contributed by atoms with van der Waals surface area (Å²) in [5.74, 6) is -0.0282. The molecule has 6 heteroatoms. The normalized spacial score (nSPS) is 12.4. The summed E-state index contributed by atoms with van der Waals surface area (Å²) in [6, 6.07) is 5.97. The number of rotatable bonds is 5. The minimum atomic E-state index is -0.0282. The summed E-state index contributed by atoms with van der Waals surface area (Å²) >= 11 is 1.65. The predicted octanol–water partition coefficient (Wildman–Crippen LogP) is 3.79. The summed E-state index contributed by atoms with van der Waals surface area (Å²) in [4.78, 5) is 14.1. The third-order valence-electron chi connectivity index (χ3n) is 4.36. The Balaban J connectivity index is 1.80. The van der Waals surface area contributed by atoms with E-state index in [2.05, 4.69) is 17.3 Å². The molecule has 0 aliphatic heterocycles. The molecule has 1 N–H and O–H groups in total. The maximum atomic E-state index is 12.9. The van der Waals surface area contributed by atoms with Crippen LogP contribution in [-0.4, -0.2) is 26.3 Å². The van der Waals surface area contributed by atoms with Crippen molar-refractivity contribution < 1.29 is 4.79 Å². The molecule has 0 bridgehead atoms. The van der Waals surface area contributed by atoms with Crippen LogP contribution < -0.4 is 5.32 Å². The highest BCUT2D eigenvalue weighted by molar-refractivity contribution is 7.15. The molecule has 3 heterocycles. The Bertz CT molecular complexity index is 889. The Morgan fingerprint density at radius 3 is 2.52 bits per heavy atom. The molecule has 0 unspecified atom stereocenters. The molecule has 0 aromatic carbocycles. The molecule has 5 nitrogen and oxygen atoms in total. The monoisotopic (exact) mass is 356 g/mol. The first kappa shape index (κ1) is 17.5. The molecule has 0 spiro atoms. The van der Waals surface area contributed by atoms with Gasteiger partial charge >= 0.3 is 0 Å². The zero-order chi connectivity index (χ0) is 18.1. The standard InChI is InChI=1S/C19H24N4OS/c1-12-10-14(3)23(21-12)11-13(2)20-18(24)17-15(4)16(5)25-19(17)22-8-6-7-9-22/h6-10,13H,11H2,1-5H3,(H,20,24)/t13-/m1/s1. The minimum Gasteiger partial charge on any atom is -0.348 e. The highest BCUT2D eigenvalue weighted by atomic mass is 32.1. The summed E-state index contributed by atoms with van der Waals surface area (Å²) in [6.07, 6.45) is 3.95. The molecule has 0 aliphatic carbocycles. The topological polar surface area (TPSA) is 51.9 Å². The van der Waals surface area contributed by atoms with Crippen LogP contribution in [0.25, 0.3) is 5.00 Å². The molecule has 3 rings (SSSR count). The molecule has 0 saturated heterocycles. The molecule has 3 aromatic rings. The van der Waals surface area contributed by atoms with Crippen molar-refractivity contribution in [3.8, 4) is 5.00 Å². The van der Waals surface area contributed by atoms with Gasteiger partial charge in [0.05, 0.1) is 17.8 Å². The van der Waals surface area contributed by atoms with E-state index in [-0.39, 0.29) is 11.9 Å². The zero-order valence-electron chi connectivity index (χ0n) is 15.3. The Labute approximate surface area is 152 Å². The van der Waals surface area contributed by atoms with Crippen molar-refractivity contribution in [1.82, 2.24) is 19.7 Å². The summed E-state index contributed by atoms with van der Waals surface area (Å²) < 4.78 is 3.95. The second-order valence-corrected chi connectivity index (χ2v) is 7.74.